The Morgan fingerprint density at radius 1 is 1.40 bits per heavy atom. The van der Waals surface area contributed by atoms with Gasteiger partial charge in [-0.1, -0.05) is 0 Å². The minimum absolute atomic E-state index is 0.220. The first-order valence-corrected chi connectivity index (χ1v) is 9.70. The SMILES string of the molecule is CC(C)(C)NC(=O)Oc1cnn2ccc(N3CCC[C@@H]3c3cc(F)c[nH]c3=O)nc12. The summed E-state index contributed by atoms with van der Waals surface area (Å²) >= 11 is 0. The highest BCUT2D eigenvalue weighted by molar-refractivity contribution is 5.74. The molecule has 2 N–H and O–H groups in total. The van der Waals surface area contributed by atoms with E-state index in [4.69, 9.17) is 4.74 Å². The predicted molar refractivity (Wildman–Crippen MR) is 108 cm³/mol. The van der Waals surface area contributed by atoms with Gasteiger partial charge in [0.05, 0.1) is 12.2 Å². The second kappa shape index (κ2) is 7.43. The fourth-order valence-electron chi connectivity index (χ4n) is 3.59. The Bertz CT molecular complexity index is 1150. The lowest BCUT2D eigenvalue weighted by atomic mass is 10.1. The van der Waals surface area contributed by atoms with Crippen molar-refractivity contribution in [3.05, 3.63) is 52.5 Å². The van der Waals surface area contributed by atoms with Crippen molar-refractivity contribution in [2.45, 2.75) is 45.2 Å². The molecule has 1 saturated heterocycles. The second-order valence-electron chi connectivity index (χ2n) is 8.28. The summed E-state index contributed by atoms with van der Waals surface area (Å²) in [6.07, 6.45) is 5.12. The molecule has 0 saturated carbocycles. The lowest BCUT2D eigenvalue weighted by Crippen LogP contribution is -2.42. The number of carbonyl (C=O) groups excluding carboxylic acids is 1. The van der Waals surface area contributed by atoms with Crippen LogP contribution < -0.4 is 20.5 Å². The average Bonchev–Trinajstić information content (AvgIpc) is 3.29. The molecule has 158 valence electrons. The Hall–Kier alpha value is -3.43. The molecule has 1 fully saturated rings. The number of rotatable bonds is 3. The number of aromatic amines is 1. The van der Waals surface area contributed by atoms with E-state index in [0.717, 1.165) is 12.6 Å². The second-order valence-corrected chi connectivity index (χ2v) is 8.28. The maximum Gasteiger partial charge on any atom is 0.413 e. The summed E-state index contributed by atoms with van der Waals surface area (Å²) in [6.45, 7) is 6.21. The van der Waals surface area contributed by atoms with E-state index in [1.165, 1.54) is 16.8 Å². The third kappa shape index (κ3) is 3.98. The Labute approximate surface area is 171 Å². The number of amides is 1. The fraction of sp³-hybridized carbons (Fsp3) is 0.400. The summed E-state index contributed by atoms with van der Waals surface area (Å²) in [5.41, 5.74) is -0.0277. The number of nitrogens with one attached hydrogen (secondary N) is 2. The largest absolute Gasteiger partial charge is 0.413 e. The maximum absolute atomic E-state index is 13.7. The van der Waals surface area contributed by atoms with Gasteiger partial charge < -0.3 is 19.9 Å². The zero-order valence-electron chi connectivity index (χ0n) is 17.0. The summed E-state index contributed by atoms with van der Waals surface area (Å²) in [5.74, 6) is 0.324. The molecule has 3 aromatic rings. The van der Waals surface area contributed by atoms with Crippen LogP contribution in [0.4, 0.5) is 15.0 Å². The first kappa shape index (κ1) is 19.9. The number of carbonyl (C=O) groups is 1. The van der Waals surface area contributed by atoms with E-state index in [-0.39, 0.29) is 17.4 Å². The third-order valence-electron chi connectivity index (χ3n) is 4.80. The van der Waals surface area contributed by atoms with Gasteiger partial charge in [-0.15, -0.1) is 0 Å². The van der Waals surface area contributed by atoms with Crippen LogP contribution in [0.1, 0.15) is 45.2 Å². The molecular formula is C20H23FN6O3. The highest BCUT2D eigenvalue weighted by Crippen LogP contribution is 2.34. The van der Waals surface area contributed by atoms with Crippen molar-refractivity contribution in [1.82, 2.24) is 24.9 Å². The number of nitrogens with zero attached hydrogens (tertiary/aromatic N) is 4. The fourth-order valence-corrected chi connectivity index (χ4v) is 3.59. The minimum Gasteiger partial charge on any atom is -0.405 e. The molecule has 1 aliphatic heterocycles. The van der Waals surface area contributed by atoms with Crippen molar-refractivity contribution in [3.63, 3.8) is 0 Å². The molecule has 1 amide bonds. The van der Waals surface area contributed by atoms with Gasteiger partial charge in [-0.05, 0) is 45.7 Å². The number of anilines is 1. The first-order valence-electron chi connectivity index (χ1n) is 9.70. The van der Waals surface area contributed by atoms with Crippen LogP contribution in [-0.4, -0.2) is 37.8 Å². The van der Waals surface area contributed by atoms with E-state index in [0.29, 0.717) is 30.0 Å². The molecule has 0 bridgehead atoms. The number of aromatic nitrogens is 4. The molecule has 30 heavy (non-hydrogen) atoms. The molecule has 4 heterocycles. The lowest BCUT2D eigenvalue weighted by molar-refractivity contribution is 0.191. The summed E-state index contributed by atoms with van der Waals surface area (Å²) < 4.78 is 20.6. The number of pyridine rings is 1. The standard InChI is InChI=1S/C20H23FN6O3/c1-20(2,3)25-19(29)30-15-11-23-27-8-6-16(24-17(15)27)26-7-4-5-14(26)13-9-12(21)10-22-18(13)28/h6,8-11,14H,4-5,7H2,1-3H3,(H,22,28)(H,25,29)/t14-/m1/s1. The molecular weight excluding hydrogens is 391 g/mol. The molecule has 0 aromatic carbocycles. The van der Waals surface area contributed by atoms with Gasteiger partial charge in [-0.2, -0.15) is 5.10 Å². The number of fused-ring (bicyclic) bond motifs is 1. The summed E-state index contributed by atoms with van der Waals surface area (Å²) in [5, 5.41) is 6.89. The molecule has 0 aliphatic carbocycles. The van der Waals surface area contributed by atoms with E-state index in [1.807, 2.05) is 25.7 Å². The summed E-state index contributed by atoms with van der Waals surface area (Å²) in [4.78, 5) is 33.4. The van der Waals surface area contributed by atoms with Crippen LogP contribution in [0.3, 0.4) is 0 Å². The number of hydrogen-bond acceptors (Lipinski definition) is 6. The van der Waals surface area contributed by atoms with E-state index in [1.54, 1.807) is 12.3 Å². The predicted octanol–water partition coefficient (Wildman–Crippen LogP) is 2.79. The Morgan fingerprint density at radius 2 is 2.20 bits per heavy atom. The lowest BCUT2D eigenvalue weighted by Gasteiger charge is -2.25. The van der Waals surface area contributed by atoms with Crippen LogP contribution in [0.5, 0.6) is 5.75 Å². The summed E-state index contributed by atoms with van der Waals surface area (Å²) in [7, 11) is 0. The highest BCUT2D eigenvalue weighted by Gasteiger charge is 2.30. The first-order chi connectivity index (χ1) is 14.2. The van der Waals surface area contributed by atoms with Crippen LogP contribution in [0.25, 0.3) is 5.65 Å². The number of hydrogen-bond donors (Lipinski definition) is 2. The zero-order chi connectivity index (χ0) is 21.5. The molecule has 4 rings (SSSR count). The smallest absolute Gasteiger partial charge is 0.405 e. The number of halogens is 1. The number of H-pyrrole nitrogens is 1. The topological polar surface area (TPSA) is 105 Å². The van der Waals surface area contributed by atoms with Gasteiger partial charge in [0.25, 0.3) is 5.56 Å². The molecule has 10 heteroatoms. The van der Waals surface area contributed by atoms with Crippen LogP contribution in [0.15, 0.2) is 35.5 Å². The van der Waals surface area contributed by atoms with Crippen molar-refractivity contribution in [3.8, 4) is 5.75 Å². The normalized spacial score (nSPS) is 16.8. The van der Waals surface area contributed by atoms with E-state index in [9.17, 15) is 14.0 Å². The monoisotopic (exact) mass is 414 g/mol. The highest BCUT2D eigenvalue weighted by atomic mass is 19.1. The molecule has 1 aliphatic rings. The van der Waals surface area contributed by atoms with Gasteiger partial charge in [0, 0.05) is 30.0 Å². The van der Waals surface area contributed by atoms with Crippen LogP contribution in [-0.2, 0) is 0 Å². The Kier molecular flexibility index (Phi) is 4.92. The van der Waals surface area contributed by atoms with Gasteiger partial charge in [0.15, 0.2) is 5.75 Å². The minimum atomic E-state index is -0.602. The van der Waals surface area contributed by atoms with Crippen LogP contribution in [0.2, 0.25) is 0 Å². The van der Waals surface area contributed by atoms with Crippen molar-refractivity contribution in [2.24, 2.45) is 0 Å². The van der Waals surface area contributed by atoms with Crippen molar-refractivity contribution in [2.75, 3.05) is 11.4 Å². The van der Waals surface area contributed by atoms with Crippen LogP contribution >= 0.6 is 0 Å². The quantitative estimate of drug-likeness (QED) is 0.683. The van der Waals surface area contributed by atoms with Crippen LogP contribution in [0, 0.1) is 5.82 Å². The Balaban J connectivity index is 1.65. The number of ether oxygens (including phenoxy) is 1. The van der Waals surface area contributed by atoms with Crippen molar-refractivity contribution < 1.29 is 13.9 Å². The molecule has 0 unspecified atom stereocenters. The van der Waals surface area contributed by atoms with Gasteiger partial charge in [-0.3, -0.25) is 4.79 Å². The molecule has 0 radical (unpaired) electrons. The third-order valence-corrected chi connectivity index (χ3v) is 4.80. The molecule has 0 spiro atoms. The van der Waals surface area contributed by atoms with Gasteiger partial charge in [-0.25, -0.2) is 18.7 Å². The van der Waals surface area contributed by atoms with E-state index >= 15 is 0 Å². The molecule has 9 nitrogen and oxygen atoms in total. The Morgan fingerprint density at radius 3 is 2.97 bits per heavy atom. The van der Waals surface area contributed by atoms with Gasteiger partial charge >= 0.3 is 6.09 Å². The van der Waals surface area contributed by atoms with E-state index < -0.39 is 17.4 Å². The van der Waals surface area contributed by atoms with Crippen molar-refractivity contribution in [1.29, 1.82) is 0 Å². The zero-order valence-corrected chi connectivity index (χ0v) is 17.0. The van der Waals surface area contributed by atoms with Gasteiger partial charge in [0.1, 0.15) is 11.6 Å². The van der Waals surface area contributed by atoms with Gasteiger partial charge in [0.2, 0.25) is 5.65 Å². The van der Waals surface area contributed by atoms with E-state index in [2.05, 4.69) is 20.4 Å². The molecule has 1 atom stereocenters. The average molecular weight is 414 g/mol. The maximum atomic E-state index is 13.7. The summed E-state index contributed by atoms with van der Waals surface area (Å²) in [6, 6.07) is 2.74. The van der Waals surface area contributed by atoms with Crippen molar-refractivity contribution >= 4 is 17.6 Å². The molecule has 3 aromatic heterocycles.